The van der Waals surface area contributed by atoms with Crippen molar-refractivity contribution in [2.75, 3.05) is 32.1 Å². The molecule has 5 rings (SSSR count). The highest BCUT2D eigenvalue weighted by atomic mass is 16.5. The van der Waals surface area contributed by atoms with E-state index in [1.54, 1.807) is 33.2 Å². The quantitative estimate of drug-likeness (QED) is 0.241. The van der Waals surface area contributed by atoms with Crippen LogP contribution in [0.25, 0.3) is 11.0 Å². The lowest BCUT2D eigenvalue weighted by Gasteiger charge is -2.36. The van der Waals surface area contributed by atoms with Crippen LogP contribution in [0.3, 0.4) is 0 Å². The van der Waals surface area contributed by atoms with Crippen LogP contribution in [0.1, 0.15) is 57.5 Å². The summed E-state index contributed by atoms with van der Waals surface area (Å²) in [6.45, 7) is 7.75. The number of anilines is 1. The number of benzene rings is 1. The van der Waals surface area contributed by atoms with Crippen molar-refractivity contribution in [1.29, 1.82) is 0 Å². The van der Waals surface area contributed by atoms with E-state index < -0.39 is 5.91 Å². The molecule has 1 aromatic carbocycles. The summed E-state index contributed by atoms with van der Waals surface area (Å²) in [6.07, 6.45) is 0.521. The third kappa shape index (κ3) is 5.55. The number of amides is 4. The summed E-state index contributed by atoms with van der Waals surface area (Å²) in [5.41, 5.74) is 7.86. The van der Waals surface area contributed by atoms with Gasteiger partial charge in [-0.2, -0.15) is 10.1 Å². The lowest BCUT2D eigenvalue weighted by Crippen LogP contribution is -2.52. The monoisotopic (exact) mass is 564 g/mol. The topological polar surface area (TPSA) is 188 Å². The Bertz CT molecular complexity index is 1610. The van der Waals surface area contributed by atoms with Crippen molar-refractivity contribution in [2.45, 2.75) is 46.2 Å². The van der Waals surface area contributed by atoms with Crippen molar-refractivity contribution >= 4 is 34.8 Å². The van der Waals surface area contributed by atoms with Gasteiger partial charge in [-0.05, 0) is 45.4 Å². The lowest BCUT2D eigenvalue weighted by atomic mass is 10.0. The summed E-state index contributed by atoms with van der Waals surface area (Å²) < 4.78 is 14.2. The normalized spacial score (nSPS) is 13.3. The number of urea groups is 1. The van der Waals surface area contributed by atoms with E-state index in [9.17, 15) is 14.4 Å². The number of methoxy groups -OCH3 is 1. The Morgan fingerprint density at radius 1 is 1.17 bits per heavy atom. The average molecular weight is 565 g/mol. The molecule has 1 saturated heterocycles. The molecule has 1 fully saturated rings. The first-order valence-corrected chi connectivity index (χ1v) is 13.2. The zero-order chi connectivity index (χ0) is 29.3. The molecule has 0 spiro atoms. The van der Waals surface area contributed by atoms with Crippen molar-refractivity contribution in [3.63, 3.8) is 0 Å². The van der Waals surface area contributed by atoms with Gasteiger partial charge in [-0.25, -0.2) is 9.78 Å². The van der Waals surface area contributed by atoms with Crippen LogP contribution in [0.15, 0.2) is 22.7 Å². The molecule has 0 saturated carbocycles. The number of fused-ring (bicyclic) bond motifs is 1. The number of carbonyl (C=O) groups excluding carboxylic acids is 3. The molecule has 1 aliphatic rings. The maximum Gasteiger partial charge on any atom is 0.317 e. The molecule has 4 aromatic rings. The third-order valence-electron chi connectivity index (χ3n) is 6.87. The molecule has 1 aliphatic heterocycles. The Labute approximate surface area is 235 Å². The van der Waals surface area contributed by atoms with Crippen molar-refractivity contribution in [1.82, 2.24) is 39.7 Å². The van der Waals surface area contributed by atoms with Crippen LogP contribution in [0.4, 0.5) is 10.7 Å². The molecule has 216 valence electrons. The zero-order valence-corrected chi connectivity index (χ0v) is 23.3. The molecule has 0 unspecified atom stereocenters. The standard InChI is InChI=1S/C26H32N10O5/c1-5-36-19(9-14(2)32-36)23(38)31-25-30-18-10-16(22(27)37)11-20(40-4)21(18)35(25)8-6-7-28-26(39)34-12-17(13-34)24-29-15(3)33-41-24/h9-11,17H,5-8,12-13H2,1-4H3,(H2,27,37)(H,28,39)(H,30,31,38). The number of nitrogens with two attached hydrogens (primary N) is 1. The fourth-order valence-electron chi connectivity index (χ4n) is 4.80. The van der Waals surface area contributed by atoms with Crippen LogP contribution in [-0.4, -0.2) is 79.0 Å². The second-order valence-corrected chi connectivity index (χ2v) is 9.81. The van der Waals surface area contributed by atoms with E-state index in [4.69, 9.17) is 15.0 Å². The molecule has 41 heavy (non-hydrogen) atoms. The molecule has 0 atom stereocenters. The van der Waals surface area contributed by atoms with Gasteiger partial charge in [0.05, 0.1) is 24.2 Å². The molecule has 0 aliphatic carbocycles. The van der Waals surface area contributed by atoms with Crippen LogP contribution in [0.2, 0.25) is 0 Å². The van der Waals surface area contributed by atoms with Gasteiger partial charge < -0.3 is 29.8 Å². The summed E-state index contributed by atoms with van der Waals surface area (Å²) in [5.74, 6) is 0.783. The van der Waals surface area contributed by atoms with E-state index in [0.717, 1.165) is 5.69 Å². The summed E-state index contributed by atoms with van der Waals surface area (Å²) in [4.78, 5) is 48.2. The number of hydrogen-bond acceptors (Lipinski definition) is 9. The van der Waals surface area contributed by atoms with E-state index in [2.05, 4.69) is 30.9 Å². The van der Waals surface area contributed by atoms with Gasteiger partial charge in [-0.15, -0.1) is 0 Å². The molecule has 4 heterocycles. The van der Waals surface area contributed by atoms with Crippen molar-refractivity contribution < 1.29 is 23.6 Å². The predicted molar refractivity (Wildman–Crippen MR) is 147 cm³/mol. The lowest BCUT2D eigenvalue weighted by molar-refractivity contribution is 0.0995. The van der Waals surface area contributed by atoms with Gasteiger partial charge in [-0.3, -0.25) is 19.6 Å². The van der Waals surface area contributed by atoms with Gasteiger partial charge in [0.25, 0.3) is 5.91 Å². The molecule has 4 amide bonds. The minimum absolute atomic E-state index is 0.0380. The highest BCUT2D eigenvalue weighted by Gasteiger charge is 2.35. The number of primary amides is 1. The van der Waals surface area contributed by atoms with Crippen molar-refractivity contribution in [3.8, 4) is 5.75 Å². The van der Waals surface area contributed by atoms with E-state index in [0.29, 0.717) is 73.3 Å². The summed E-state index contributed by atoms with van der Waals surface area (Å²) in [6, 6.07) is 4.61. The number of imidazole rings is 1. The first-order valence-electron chi connectivity index (χ1n) is 13.2. The van der Waals surface area contributed by atoms with Crippen LogP contribution >= 0.6 is 0 Å². The minimum atomic E-state index is -0.627. The van der Waals surface area contributed by atoms with Crippen LogP contribution in [-0.2, 0) is 13.1 Å². The summed E-state index contributed by atoms with van der Waals surface area (Å²) in [5, 5.41) is 13.9. The number of nitrogens with zero attached hydrogens (tertiary/aromatic N) is 7. The number of ether oxygens (including phenoxy) is 1. The Morgan fingerprint density at radius 2 is 1.95 bits per heavy atom. The van der Waals surface area contributed by atoms with Crippen LogP contribution in [0.5, 0.6) is 5.75 Å². The predicted octanol–water partition coefficient (Wildman–Crippen LogP) is 1.81. The number of nitrogens with one attached hydrogen (secondary N) is 2. The molecule has 15 nitrogen and oxygen atoms in total. The molecule has 15 heteroatoms. The molecule has 0 bridgehead atoms. The fourth-order valence-corrected chi connectivity index (χ4v) is 4.80. The molecular weight excluding hydrogens is 532 g/mol. The van der Waals surface area contributed by atoms with Gasteiger partial charge in [-0.1, -0.05) is 5.16 Å². The van der Waals surface area contributed by atoms with Gasteiger partial charge in [0.15, 0.2) is 5.82 Å². The van der Waals surface area contributed by atoms with E-state index in [1.807, 2.05) is 13.8 Å². The number of aromatic nitrogens is 6. The van der Waals surface area contributed by atoms with Gasteiger partial charge in [0.1, 0.15) is 17.0 Å². The minimum Gasteiger partial charge on any atom is -0.494 e. The van der Waals surface area contributed by atoms with Crippen LogP contribution in [0, 0.1) is 13.8 Å². The van der Waals surface area contributed by atoms with Gasteiger partial charge in [0, 0.05) is 38.3 Å². The number of aryl methyl sites for hydroxylation is 4. The third-order valence-corrected chi connectivity index (χ3v) is 6.87. The first-order chi connectivity index (χ1) is 19.7. The number of likely N-dealkylation sites (tertiary alicyclic amines) is 1. The maximum absolute atomic E-state index is 13.2. The highest BCUT2D eigenvalue weighted by molar-refractivity contribution is 6.04. The Balaban J connectivity index is 1.31. The summed E-state index contributed by atoms with van der Waals surface area (Å²) in [7, 11) is 1.48. The molecule has 0 radical (unpaired) electrons. The van der Waals surface area contributed by atoms with Crippen LogP contribution < -0.4 is 21.1 Å². The van der Waals surface area contributed by atoms with E-state index >= 15 is 0 Å². The SMILES string of the molecule is CCn1nc(C)cc1C(=O)Nc1nc2cc(C(N)=O)cc(OC)c2n1CCCNC(=O)N1CC(c2nc(C)no2)C1. The smallest absolute Gasteiger partial charge is 0.317 e. The molecular formula is C26H32N10O5. The summed E-state index contributed by atoms with van der Waals surface area (Å²) >= 11 is 0. The maximum atomic E-state index is 13.2. The first kappa shape index (κ1) is 27.6. The molecule has 3 aromatic heterocycles. The second-order valence-electron chi connectivity index (χ2n) is 9.81. The van der Waals surface area contributed by atoms with Gasteiger partial charge in [0.2, 0.25) is 17.7 Å². The highest BCUT2D eigenvalue weighted by Crippen LogP contribution is 2.31. The fraction of sp³-hybridized carbons (Fsp3) is 0.423. The number of carbonyl (C=O) groups is 3. The van der Waals surface area contributed by atoms with Crippen molar-refractivity contribution in [2.24, 2.45) is 5.73 Å². The van der Waals surface area contributed by atoms with Gasteiger partial charge >= 0.3 is 6.03 Å². The second kappa shape index (κ2) is 11.3. The number of rotatable bonds is 10. The Kier molecular flexibility index (Phi) is 7.59. The van der Waals surface area contributed by atoms with E-state index in [1.165, 1.54) is 13.2 Å². The Morgan fingerprint density at radius 3 is 2.61 bits per heavy atom. The average Bonchev–Trinajstić information content (AvgIpc) is 3.61. The van der Waals surface area contributed by atoms with E-state index in [-0.39, 0.29) is 29.4 Å². The van der Waals surface area contributed by atoms with Crippen molar-refractivity contribution in [3.05, 3.63) is 46.9 Å². The Hall–Kier alpha value is -4.95. The largest absolute Gasteiger partial charge is 0.494 e. The molecule has 4 N–H and O–H groups in total. The number of hydrogen-bond donors (Lipinski definition) is 3. The zero-order valence-electron chi connectivity index (χ0n) is 23.3.